The van der Waals surface area contributed by atoms with Gasteiger partial charge in [0.15, 0.2) is 0 Å². The molecule has 0 amide bonds. The average Bonchev–Trinajstić information content (AvgIpc) is 3.11. The second kappa shape index (κ2) is 10.4. The van der Waals surface area contributed by atoms with Gasteiger partial charge in [-0.15, -0.1) is 6.58 Å². The SMILES string of the molecule is C=CCC1OC1CC=CCCCCCCCCC. The molecule has 0 radical (unpaired) electrons. The summed E-state index contributed by atoms with van der Waals surface area (Å²) >= 11 is 0. The summed E-state index contributed by atoms with van der Waals surface area (Å²) in [4.78, 5) is 0. The van der Waals surface area contributed by atoms with Crippen molar-refractivity contribution in [3.05, 3.63) is 24.8 Å². The molecule has 18 heavy (non-hydrogen) atoms. The van der Waals surface area contributed by atoms with Gasteiger partial charge in [-0.25, -0.2) is 0 Å². The molecule has 0 bridgehead atoms. The third kappa shape index (κ3) is 7.71. The fourth-order valence-electron chi connectivity index (χ4n) is 2.33. The second-order valence-corrected chi connectivity index (χ2v) is 5.35. The van der Waals surface area contributed by atoms with Crippen molar-refractivity contribution in [1.82, 2.24) is 0 Å². The number of hydrogen-bond donors (Lipinski definition) is 0. The molecule has 0 aliphatic carbocycles. The van der Waals surface area contributed by atoms with Gasteiger partial charge >= 0.3 is 0 Å². The van der Waals surface area contributed by atoms with Gasteiger partial charge in [-0.2, -0.15) is 0 Å². The molecule has 1 heteroatoms. The van der Waals surface area contributed by atoms with Gasteiger partial charge in [0.25, 0.3) is 0 Å². The molecule has 0 spiro atoms. The quantitative estimate of drug-likeness (QED) is 0.256. The Kier molecular flexibility index (Phi) is 8.93. The van der Waals surface area contributed by atoms with Gasteiger partial charge in [-0.05, 0) is 25.7 Å². The van der Waals surface area contributed by atoms with E-state index in [0.717, 1.165) is 12.8 Å². The van der Waals surface area contributed by atoms with Crippen molar-refractivity contribution in [3.8, 4) is 0 Å². The molecule has 0 aromatic carbocycles. The summed E-state index contributed by atoms with van der Waals surface area (Å²) < 4.78 is 5.52. The Morgan fingerprint density at radius 3 is 2.28 bits per heavy atom. The lowest BCUT2D eigenvalue weighted by Crippen LogP contribution is -1.89. The lowest BCUT2D eigenvalue weighted by molar-refractivity contribution is 0.372. The van der Waals surface area contributed by atoms with Crippen molar-refractivity contribution in [3.63, 3.8) is 0 Å². The highest BCUT2D eigenvalue weighted by molar-refractivity contribution is 4.96. The molecule has 1 heterocycles. The van der Waals surface area contributed by atoms with Crippen LogP contribution in [-0.2, 0) is 4.74 Å². The molecule has 0 saturated carbocycles. The molecule has 1 aliphatic heterocycles. The topological polar surface area (TPSA) is 12.5 Å². The van der Waals surface area contributed by atoms with E-state index in [0.29, 0.717) is 12.2 Å². The van der Waals surface area contributed by atoms with E-state index in [-0.39, 0.29) is 0 Å². The molecule has 2 unspecified atom stereocenters. The zero-order chi connectivity index (χ0) is 13.1. The highest BCUT2D eigenvalue weighted by Gasteiger charge is 2.35. The zero-order valence-corrected chi connectivity index (χ0v) is 12.1. The lowest BCUT2D eigenvalue weighted by Gasteiger charge is -1.98. The normalized spacial score (nSPS) is 22.5. The number of ether oxygens (including phenoxy) is 1. The Labute approximate surface area is 113 Å². The monoisotopic (exact) mass is 250 g/mol. The van der Waals surface area contributed by atoms with Crippen LogP contribution in [0.4, 0.5) is 0 Å². The smallest absolute Gasteiger partial charge is 0.0879 e. The maximum Gasteiger partial charge on any atom is 0.0879 e. The minimum absolute atomic E-state index is 0.464. The number of hydrogen-bond acceptors (Lipinski definition) is 1. The molecule has 1 fully saturated rings. The Morgan fingerprint density at radius 1 is 0.889 bits per heavy atom. The molecule has 1 aliphatic rings. The third-order valence-corrected chi connectivity index (χ3v) is 3.60. The van der Waals surface area contributed by atoms with Crippen LogP contribution >= 0.6 is 0 Å². The van der Waals surface area contributed by atoms with Crippen LogP contribution < -0.4 is 0 Å². The molecule has 0 N–H and O–H groups in total. The summed E-state index contributed by atoms with van der Waals surface area (Å²) in [6.07, 6.45) is 20.6. The van der Waals surface area contributed by atoms with Crippen LogP contribution in [0.25, 0.3) is 0 Å². The second-order valence-electron chi connectivity index (χ2n) is 5.35. The minimum atomic E-state index is 0.464. The van der Waals surface area contributed by atoms with Crippen LogP contribution in [0.3, 0.4) is 0 Å². The van der Waals surface area contributed by atoms with Crippen LogP contribution in [0.5, 0.6) is 0 Å². The van der Waals surface area contributed by atoms with Crippen LogP contribution in [-0.4, -0.2) is 12.2 Å². The van der Waals surface area contributed by atoms with Crippen LogP contribution in [0.1, 0.15) is 71.1 Å². The van der Waals surface area contributed by atoms with Crippen molar-refractivity contribution in [2.45, 2.75) is 83.3 Å². The molecule has 0 aromatic heterocycles. The average molecular weight is 250 g/mol. The van der Waals surface area contributed by atoms with Crippen molar-refractivity contribution in [2.75, 3.05) is 0 Å². The number of rotatable bonds is 12. The molecular formula is C17H30O. The maximum absolute atomic E-state index is 5.52. The van der Waals surface area contributed by atoms with Gasteiger partial charge in [-0.1, -0.05) is 63.7 Å². The first-order valence-corrected chi connectivity index (χ1v) is 7.79. The summed E-state index contributed by atoms with van der Waals surface area (Å²) in [6, 6.07) is 0. The van der Waals surface area contributed by atoms with Crippen LogP contribution in [0, 0.1) is 0 Å². The first-order chi connectivity index (χ1) is 8.88. The van der Waals surface area contributed by atoms with Crippen molar-refractivity contribution >= 4 is 0 Å². The number of unbranched alkanes of at least 4 members (excludes halogenated alkanes) is 7. The van der Waals surface area contributed by atoms with Gasteiger partial charge in [0.05, 0.1) is 12.2 Å². The summed E-state index contributed by atoms with van der Waals surface area (Å²) in [5, 5.41) is 0. The van der Waals surface area contributed by atoms with E-state index < -0.39 is 0 Å². The molecule has 1 nitrogen and oxygen atoms in total. The Morgan fingerprint density at radius 2 is 1.56 bits per heavy atom. The van der Waals surface area contributed by atoms with Crippen molar-refractivity contribution in [1.29, 1.82) is 0 Å². The van der Waals surface area contributed by atoms with Gasteiger partial charge < -0.3 is 4.74 Å². The van der Waals surface area contributed by atoms with E-state index in [2.05, 4.69) is 25.7 Å². The van der Waals surface area contributed by atoms with E-state index in [1.54, 1.807) is 0 Å². The predicted octanol–water partition coefficient (Wildman–Crippen LogP) is 5.42. The van der Waals surface area contributed by atoms with Crippen molar-refractivity contribution < 1.29 is 4.74 Å². The number of epoxide rings is 1. The summed E-state index contributed by atoms with van der Waals surface area (Å²) in [5.74, 6) is 0. The Bertz CT molecular complexity index is 232. The van der Waals surface area contributed by atoms with E-state index in [4.69, 9.17) is 4.74 Å². The first kappa shape index (κ1) is 15.5. The molecule has 0 aromatic rings. The lowest BCUT2D eigenvalue weighted by atomic mass is 10.1. The number of allylic oxidation sites excluding steroid dienone is 1. The maximum atomic E-state index is 5.52. The van der Waals surface area contributed by atoms with E-state index in [9.17, 15) is 0 Å². The van der Waals surface area contributed by atoms with Crippen molar-refractivity contribution in [2.24, 2.45) is 0 Å². The first-order valence-electron chi connectivity index (χ1n) is 7.79. The largest absolute Gasteiger partial charge is 0.369 e. The molecule has 104 valence electrons. The van der Waals surface area contributed by atoms with E-state index in [1.165, 1.54) is 51.4 Å². The molecular weight excluding hydrogens is 220 g/mol. The van der Waals surface area contributed by atoms with E-state index in [1.807, 2.05) is 6.08 Å². The zero-order valence-electron chi connectivity index (χ0n) is 12.1. The van der Waals surface area contributed by atoms with Crippen LogP contribution in [0.2, 0.25) is 0 Å². The van der Waals surface area contributed by atoms with Gasteiger partial charge in [-0.3, -0.25) is 0 Å². The third-order valence-electron chi connectivity index (χ3n) is 3.60. The minimum Gasteiger partial charge on any atom is -0.369 e. The van der Waals surface area contributed by atoms with Gasteiger partial charge in [0.2, 0.25) is 0 Å². The Balaban J connectivity index is 1.79. The van der Waals surface area contributed by atoms with Gasteiger partial charge in [0.1, 0.15) is 0 Å². The molecule has 1 saturated heterocycles. The molecule has 1 rings (SSSR count). The van der Waals surface area contributed by atoms with E-state index >= 15 is 0 Å². The highest BCUT2D eigenvalue weighted by Crippen LogP contribution is 2.28. The fraction of sp³-hybridized carbons (Fsp3) is 0.765. The Hall–Kier alpha value is -0.560. The standard InChI is InChI=1S/C17H30O/c1-3-5-6-7-8-9-10-11-12-13-15-17-16(18-17)14-4-2/h4,12-13,16-17H,2-3,5-11,14-15H2,1H3. The van der Waals surface area contributed by atoms with Gasteiger partial charge in [0, 0.05) is 0 Å². The predicted molar refractivity (Wildman–Crippen MR) is 79.8 cm³/mol. The summed E-state index contributed by atoms with van der Waals surface area (Å²) in [7, 11) is 0. The summed E-state index contributed by atoms with van der Waals surface area (Å²) in [6.45, 7) is 6.01. The highest BCUT2D eigenvalue weighted by atomic mass is 16.6. The fourth-order valence-corrected chi connectivity index (χ4v) is 2.33. The summed E-state index contributed by atoms with van der Waals surface area (Å²) in [5.41, 5.74) is 0. The van der Waals surface area contributed by atoms with Crippen LogP contribution in [0.15, 0.2) is 24.8 Å². The molecule has 2 atom stereocenters.